The predicted molar refractivity (Wildman–Crippen MR) is 99.7 cm³/mol. The molecule has 0 bridgehead atoms. The van der Waals surface area contributed by atoms with E-state index in [1.807, 2.05) is 41.2 Å². The van der Waals surface area contributed by atoms with E-state index in [2.05, 4.69) is 40.3 Å². The van der Waals surface area contributed by atoms with Gasteiger partial charge in [-0.2, -0.15) is 5.10 Å². The van der Waals surface area contributed by atoms with Crippen LogP contribution < -0.4 is 5.32 Å². The van der Waals surface area contributed by atoms with Crippen molar-refractivity contribution in [1.82, 2.24) is 29.6 Å². The molecule has 2 atom stereocenters. The number of pyridine rings is 1. The Kier molecular flexibility index (Phi) is 4.74. The number of ether oxygens (including phenoxy) is 1. The van der Waals surface area contributed by atoms with Crippen molar-refractivity contribution in [3.05, 3.63) is 42.2 Å². The van der Waals surface area contributed by atoms with E-state index in [1.165, 1.54) is 5.56 Å². The lowest BCUT2D eigenvalue weighted by Gasteiger charge is -2.30. The van der Waals surface area contributed by atoms with E-state index in [4.69, 9.17) is 4.74 Å². The van der Waals surface area contributed by atoms with Gasteiger partial charge in [-0.1, -0.05) is 0 Å². The van der Waals surface area contributed by atoms with E-state index in [0.717, 1.165) is 42.7 Å². The van der Waals surface area contributed by atoms with Gasteiger partial charge in [-0.15, -0.1) is 0 Å². The Morgan fingerprint density at radius 3 is 2.96 bits per heavy atom. The molecule has 3 aromatic heterocycles. The summed E-state index contributed by atoms with van der Waals surface area (Å²) in [5.41, 5.74) is 3.27. The second-order valence-corrected chi connectivity index (χ2v) is 7.33. The van der Waals surface area contributed by atoms with Crippen molar-refractivity contribution in [1.29, 1.82) is 0 Å². The molecule has 0 aliphatic carbocycles. The molecule has 0 aromatic carbocycles. The average Bonchev–Trinajstić information content (AvgIpc) is 3.26. The topological polar surface area (TPSA) is 69.8 Å². The van der Waals surface area contributed by atoms with Gasteiger partial charge in [0.1, 0.15) is 6.10 Å². The standard InChI is InChI=1S/C19H26N6O/c1-13(2)25-19-15(10-23-25)6-14(9-22-19)8-21-16-4-5-26-18(7-16)17-11-20-12-24(17)3/h6,9-13,16,18,21H,4-5,7-8H2,1-3H3. The highest BCUT2D eigenvalue weighted by atomic mass is 16.5. The molecule has 0 radical (unpaired) electrons. The molecule has 1 aliphatic heterocycles. The third kappa shape index (κ3) is 3.37. The molecule has 1 fully saturated rings. The summed E-state index contributed by atoms with van der Waals surface area (Å²) in [6.07, 6.45) is 9.67. The number of nitrogens with zero attached hydrogens (tertiary/aromatic N) is 5. The molecule has 1 saturated heterocycles. The van der Waals surface area contributed by atoms with Crippen LogP contribution in [0.15, 0.2) is 31.0 Å². The van der Waals surface area contributed by atoms with Crippen LogP contribution in [0.5, 0.6) is 0 Å². The molecule has 4 heterocycles. The van der Waals surface area contributed by atoms with Gasteiger partial charge in [-0.05, 0) is 38.3 Å². The number of imidazole rings is 1. The van der Waals surface area contributed by atoms with E-state index in [0.29, 0.717) is 12.1 Å². The molecule has 26 heavy (non-hydrogen) atoms. The summed E-state index contributed by atoms with van der Waals surface area (Å²) >= 11 is 0. The molecule has 2 unspecified atom stereocenters. The minimum absolute atomic E-state index is 0.110. The third-order valence-electron chi connectivity index (χ3n) is 5.04. The van der Waals surface area contributed by atoms with Crippen molar-refractivity contribution in [2.24, 2.45) is 7.05 Å². The fourth-order valence-electron chi connectivity index (χ4n) is 3.59. The maximum absolute atomic E-state index is 5.94. The summed E-state index contributed by atoms with van der Waals surface area (Å²) in [5, 5.41) is 9.20. The highest BCUT2D eigenvalue weighted by Crippen LogP contribution is 2.27. The Balaban J connectivity index is 1.40. The van der Waals surface area contributed by atoms with Gasteiger partial charge >= 0.3 is 0 Å². The Bertz CT molecular complexity index is 883. The molecular formula is C19H26N6O. The molecule has 1 aliphatic rings. The third-order valence-corrected chi connectivity index (χ3v) is 5.04. The molecule has 138 valence electrons. The first-order chi connectivity index (χ1) is 12.6. The molecule has 7 nitrogen and oxygen atoms in total. The number of rotatable bonds is 5. The van der Waals surface area contributed by atoms with Crippen molar-refractivity contribution in [3.8, 4) is 0 Å². The van der Waals surface area contributed by atoms with Gasteiger partial charge < -0.3 is 14.6 Å². The highest BCUT2D eigenvalue weighted by Gasteiger charge is 2.25. The summed E-state index contributed by atoms with van der Waals surface area (Å²) in [6.45, 7) is 5.81. The first-order valence-corrected chi connectivity index (χ1v) is 9.25. The molecule has 0 spiro atoms. The normalized spacial score (nSPS) is 20.9. The van der Waals surface area contributed by atoms with E-state index < -0.39 is 0 Å². The number of aromatic nitrogens is 5. The van der Waals surface area contributed by atoms with E-state index in [9.17, 15) is 0 Å². The fourth-order valence-corrected chi connectivity index (χ4v) is 3.59. The lowest BCUT2D eigenvalue weighted by Crippen LogP contribution is -2.36. The molecular weight excluding hydrogens is 328 g/mol. The van der Waals surface area contributed by atoms with Crippen molar-refractivity contribution in [2.75, 3.05) is 6.61 Å². The van der Waals surface area contributed by atoms with Crippen molar-refractivity contribution >= 4 is 11.0 Å². The van der Waals surface area contributed by atoms with Gasteiger partial charge in [0.25, 0.3) is 0 Å². The van der Waals surface area contributed by atoms with Gasteiger partial charge in [0.05, 0.1) is 24.4 Å². The summed E-state index contributed by atoms with van der Waals surface area (Å²) in [6, 6.07) is 2.92. The largest absolute Gasteiger partial charge is 0.372 e. The monoisotopic (exact) mass is 354 g/mol. The number of hydrogen-bond acceptors (Lipinski definition) is 5. The fraction of sp³-hybridized carbons (Fsp3) is 0.526. The van der Waals surface area contributed by atoms with E-state index >= 15 is 0 Å². The van der Waals surface area contributed by atoms with Crippen LogP contribution in [0.1, 0.15) is 50.1 Å². The van der Waals surface area contributed by atoms with Crippen LogP contribution >= 0.6 is 0 Å². The highest BCUT2D eigenvalue weighted by molar-refractivity contribution is 5.75. The smallest absolute Gasteiger partial charge is 0.157 e. The maximum atomic E-state index is 5.94. The summed E-state index contributed by atoms with van der Waals surface area (Å²) < 4.78 is 9.94. The minimum atomic E-state index is 0.110. The second-order valence-electron chi connectivity index (χ2n) is 7.33. The number of fused-ring (bicyclic) bond motifs is 1. The second kappa shape index (κ2) is 7.17. The van der Waals surface area contributed by atoms with E-state index in [-0.39, 0.29) is 6.10 Å². The quantitative estimate of drug-likeness (QED) is 0.763. The summed E-state index contributed by atoms with van der Waals surface area (Å²) in [4.78, 5) is 8.82. The molecule has 3 aromatic rings. The molecule has 0 amide bonds. The zero-order valence-corrected chi connectivity index (χ0v) is 15.6. The summed E-state index contributed by atoms with van der Waals surface area (Å²) in [5.74, 6) is 0. The van der Waals surface area contributed by atoms with Crippen molar-refractivity contribution < 1.29 is 4.74 Å². The van der Waals surface area contributed by atoms with Crippen LogP contribution in [0.25, 0.3) is 11.0 Å². The Labute approximate surface area is 153 Å². The lowest BCUT2D eigenvalue weighted by atomic mass is 10.0. The summed E-state index contributed by atoms with van der Waals surface area (Å²) in [7, 11) is 2.01. The van der Waals surface area contributed by atoms with Gasteiger partial charge in [0, 0.05) is 43.9 Å². The maximum Gasteiger partial charge on any atom is 0.157 e. The first kappa shape index (κ1) is 17.2. The van der Waals surface area contributed by atoms with Gasteiger partial charge in [0.15, 0.2) is 5.65 Å². The molecule has 1 N–H and O–H groups in total. The zero-order chi connectivity index (χ0) is 18.1. The van der Waals surface area contributed by atoms with Crippen LogP contribution in [0.4, 0.5) is 0 Å². The van der Waals surface area contributed by atoms with Gasteiger partial charge in [-0.25, -0.2) is 14.6 Å². The Hall–Kier alpha value is -2.25. The number of nitrogens with one attached hydrogen (secondary N) is 1. The first-order valence-electron chi connectivity index (χ1n) is 9.25. The minimum Gasteiger partial charge on any atom is -0.372 e. The zero-order valence-electron chi connectivity index (χ0n) is 15.6. The van der Waals surface area contributed by atoms with E-state index in [1.54, 1.807) is 0 Å². The average molecular weight is 354 g/mol. The lowest BCUT2D eigenvalue weighted by molar-refractivity contribution is -0.00404. The molecule has 4 rings (SSSR count). The van der Waals surface area contributed by atoms with Crippen molar-refractivity contribution in [3.63, 3.8) is 0 Å². The van der Waals surface area contributed by atoms with Gasteiger partial charge in [0.2, 0.25) is 0 Å². The van der Waals surface area contributed by atoms with Crippen LogP contribution in [0.2, 0.25) is 0 Å². The number of hydrogen-bond donors (Lipinski definition) is 1. The predicted octanol–water partition coefficient (Wildman–Crippen LogP) is 2.76. The van der Waals surface area contributed by atoms with Crippen LogP contribution in [-0.2, 0) is 18.3 Å². The molecule has 0 saturated carbocycles. The van der Waals surface area contributed by atoms with Crippen LogP contribution in [0, 0.1) is 0 Å². The van der Waals surface area contributed by atoms with Crippen LogP contribution in [-0.4, -0.2) is 37.0 Å². The van der Waals surface area contributed by atoms with Gasteiger partial charge in [-0.3, -0.25) is 0 Å². The molecule has 7 heteroatoms. The SMILES string of the molecule is CC(C)n1ncc2cc(CNC3CCOC(c4cncn4C)C3)cnc21. The Morgan fingerprint density at radius 1 is 1.31 bits per heavy atom. The van der Waals surface area contributed by atoms with Crippen molar-refractivity contribution in [2.45, 2.75) is 51.4 Å². The Morgan fingerprint density at radius 2 is 2.19 bits per heavy atom. The van der Waals surface area contributed by atoms with Crippen LogP contribution in [0.3, 0.4) is 0 Å². The number of aryl methyl sites for hydroxylation is 1.